The Balaban J connectivity index is 4.18. The number of aliphatic hydroxyl groups excluding tert-OH is 1. The number of nitrogens with one attached hydrogen (secondary N) is 1. The van der Waals surface area contributed by atoms with Crippen LogP contribution in [0.3, 0.4) is 0 Å². The van der Waals surface area contributed by atoms with Crippen LogP contribution < -0.4 is 5.32 Å². The van der Waals surface area contributed by atoms with Crippen molar-refractivity contribution in [2.75, 3.05) is 13.2 Å². The van der Waals surface area contributed by atoms with E-state index < -0.39 is 5.54 Å². The molecule has 0 bridgehead atoms. The smallest absolute Gasteiger partial charge is 0.106 e. The topological polar surface area (TPSA) is 56.0 Å². The molecule has 0 aromatic heterocycles. The number of β-amino-alcohol motifs (C(OH)–C–C–N with tert-alkyl or cyclic N) is 1. The lowest BCUT2D eigenvalue weighted by Crippen LogP contribution is -2.45. The van der Waals surface area contributed by atoms with Crippen molar-refractivity contribution in [3.8, 4) is 6.07 Å². The van der Waals surface area contributed by atoms with Gasteiger partial charge < -0.3 is 5.11 Å². The first-order chi connectivity index (χ1) is 6.24. The fourth-order valence-electron chi connectivity index (χ4n) is 1.60. The van der Waals surface area contributed by atoms with E-state index in [1.807, 2.05) is 0 Å². The molecule has 0 radical (unpaired) electrons. The van der Waals surface area contributed by atoms with Gasteiger partial charge in [0.25, 0.3) is 0 Å². The van der Waals surface area contributed by atoms with E-state index in [4.69, 9.17) is 10.4 Å². The van der Waals surface area contributed by atoms with E-state index in [1.54, 1.807) is 0 Å². The highest BCUT2D eigenvalue weighted by Gasteiger charge is 2.26. The summed E-state index contributed by atoms with van der Waals surface area (Å²) >= 11 is 0. The molecule has 3 nitrogen and oxygen atoms in total. The van der Waals surface area contributed by atoms with Crippen LogP contribution in [0.15, 0.2) is 0 Å². The van der Waals surface area contributed by atoms with Crippen LogP contribution in [0.4, 0.5) is 0 Å². The van der Waals surface area contributed by atoms with E-state index in [0.29, 0.717) is 6.54 Å². The lowest BCUT2D eigenvalue weighted by molar-refractivity contribution is 0.260. The van der Waals surface area contributed by atoms with Gasteiger partial charge in [-0.3, -0.25) is 5.32 Å². The van der Waals surface area contributed by atoms with Crippen molar-refractivity contribution < 1.29 is 5.11 Å². The van der Waals surface area contributed by atoms with E-state index >= 15 is 0 Å². The third-order valence-corrected chi connectivity index (χ3v) is 2.14. The monoisotopic (exact) mass is 184 g/mol. The van der Waals surface area contributed by atoms with Crippen LogP contribution in [0.1, 0.15) is 39.5 Å². The number of nitrogens with zero attached hydrogens (tertiary/aromatic N) is 1. The highest BCUT2D eigenvalue weighted by Crippen LogP contribution is 2.18. The predicted octanol–water partition coefficient (Wildman–Crippen LogP) is 1.43. The van der Waals surface area contributed by atoms with Crippen LogP contribution >= 0.6 is 0 Å². The van der Waals surface area contributed by atoms with Gasteiger partial charge in [-0.1, -0.05) is 26.7 Å². The summed E-state index contributed by atoms with van der Waals surface area (Å²) in [5, 5.41) is 20.9. The van der Waals surface area contributed by atoms with E-state index in [-0.39, 0.29) is 6.61 Å². The SMILES string of the molecule is CCCC(C#N)(CCC)NCCO. The summed E-state index contributed by atoms with van der Waals surface area (Å²) in [6.45, 7) is 4.75. The van der Waals surface area contributed by atoms with Gasteiger partial charge >= 0.3 is 0 Å². The van der Waals surface area contributed by atoms with Crippen LogP contribution in [0, 0.1) is 11.3 Å². The molecule has 0 fully saturated rings. The number of rotatable bonds is 7. The fourth-order valence-corrected chi connectivity index (χ4v) is 1.60. The number of hydrogen-bond acceptors (Lipinski definition) is 3. The summed E-state index contributed by atoms with van der Waals surface area (Å²) in [5.41, 5.74) is -0.410. The lowest BCUT2D eigenvalue weighted by atomic mass is 9.90. The van der Waals surface area contributed by atoms with E-state index in [2.05, 4.69) is 25.2 Å². The number of nitriles is 1. The lowest BCUT2D eigenvalue weighted by Gasteiger charge is -2.26. The molecule has 76 valence electrons. The average Bonchev–Trinajstić information content (AvgIpc) is 2.15. The molecule has 2 N–H and O–H groups in total. The van der Waals surface area contributed by atoms with Gasteiger partial charge in [-0.2, -0.15) is 5.26 Å². The van der Waals surface area contributed by atoms with Crippen molar-refractivity contribution in [3.05, 3.63) is 0 Å². The molecule has 0 saturated carbocycles. The Morgan fingerprint density at radius 3 is 2.15 bits per heavy atom. The van der Waals surface area contributed by atoms with Gasteiger partial charge in [-0.15, -0.1) is 0 Å². The van der Waals surface area contributed by atoms with Crippen LogP contribution in [-0.4, -0.2) is 23.8 Å². The molecule has 0 heterocycles. The number of aliphatic hydroxyl groups is 1. The van der Waals surface area contributed by atoms with Gasteiger partial charge in [0.05, 0.1) is 12.7 Å². The molecule has 0 amide bonds. The molecule has 0 unspecified atom stereocenters. The molecular weight excluding hydrogens is 164 g/mol. The first kappa shape index (κ1) is 12.4. The first-order valence-corrected chi connectivity index (χ1v) is 5.01. The summed E-state index contributed by atoms with van der Waals surface area (Å²) in [6, 6.07) is 2.33. The third-order valence-electron chi connectivity index (χ3n) is 2.14. The normalized spacial score (nSPS) is 11.2. The second-order valence-electron chi connectivity index (χ2n) is 3.34. The standard InChI is InChI=1S/C10H20N2O/c1-3-5-10(9-11,6-4-2)12-7-8-13/h12-13H,3-8H2,1-2H3. The molecule has 0 rings (SSSR count). The van der Waals surface area contributed by atoms with E-state index in [0.717, 1.165) is 25.7 Å². The zero-order valence-corrected chi connectivity index (χ0v) is 8.64. The molecular formula is C10H20N2O. The van der Waals surface area contributed by atoms with Gasteiger partial charge in [0.1, 0.15) is 5.54 Å². The number of hydrogen-bond donors (Lipinski definition) is 2. The summed E-state index contributed by atoms with van der Waals surface area (Å²) in [5.74, 6) is 0. The minimum absolute atomic E-state index is 0.0941. The summed E-state index contributed by atoms with van der Waals surface area (Å²) in [6.07, 6.45) is 3.70. The molecule has 13 heavy (non-hydrogen) atoms. The highest BCUT2D eigenvalue weighted by molar-refractivity contribution is 5.06. The highest BCUT2D eigenvalue weighted by atomic mass is 16.3. The Labute approximate surface area is 80.8 Å². The van der Waals surface area contributed by atoms with Gasteiger partial charge in [0.15, 0.2) is 0 Å². The Morgan fingerprint density at radius 1 is 1.31 bits per heavy atom. The fraction of sp³-hybridized carbons (Fsp3) is 0.900. The maximum atomic E-state index is 9.07. The molecule has 0 aromatic rings. The summed E-state index contributed by atoms with van der Waals surface area (Å²) in [4.78, 5) is 0. The summed E-state index contributed by atoms with van der Waals surface area (Å²) in [7, 11) is 0. The van der Waals surface area contributed by atoms with E-state index in [9.17, 15) is 0 Å². The Kier molecular flexibility index (Phi) is 6.56. The Morgan fingerprint density at radius 2 is 1.85 bits per heavy atom. The largest absolute Gasteiger partial charge is 0.395 e. The summed E-state index contributed by atoms with van der Waals surface area (Å²) < 4.78 is 0. The molecule has 0 saturated heterocycles. The van der Waals surface area contributed by atoms with Crippen molar-refractivity contribution in [1.29, 1.82) is 5.26 Å². The molecule has 0 spiro atoms. The second-order valence-corrected chi connectivity index (χ2v) is 3.34. The van der Waals surface area contributed by atoms with Crippen molar-refractivity contribution in [1.82, 2.24) is 5.32 Å². The minimum atomic E-state index is -0.410. The van der Waals surface area contributed by atoms with Crippen LogP contribution in [-0.2, 0) is 0 Å². The molecule has 0 aliphatic heterocycles. The molecule has 0 atom stereocenters. The van der Waals surface area contributed by atoms with Crippen LogP contribution in [0.2, 0.25) is 0 Å². The van der Waals surface area contributed by atoms with Crippen molar-refractivity contribution in [3.63, 3.8) is 0 Å². The van der Waals surface area contributed by atoms with Gasteiger partial charge in [-0.05, 0) is 12.8 Å². The predicted molar refractivity (Wildman–Crippen MR) is 53.2 cm³/mol. The quantitative estimate of drug-likeness (QED) is 0.629. The van der Waals surface area contributed by atoms with Crippen molar-refractivity contribution >= 4 is 0 Å². The first-order valence-electron chi connectivity index (χ1n) is 5.01. The van der Waals surface area contributed by atoms with Gasteiger partial charge in [0.2, 0.25) is 0 Å². The zero-order valence-electron chi connectivity index (χ0n) is 8.64. The van der Waals surface area contributed by atoms with Crippen molar-refractivity contribution in [2.24, 2.45) is 0 Å². The minimum Gasteiger partial charge on any atom is -0.395 e. The van der Waals surface area contributed by atoms with E-state index in [1.165, 1.54) is 0 Å². The molecule has 0 aliphatic carbocycles. The van der Waals surface area contributed by atoms with Gasteiger partial charge in [-0.25, -0.2) is 0 Å². The average molecular weight is 184 g/mol. The molecule has 3 heteroatoms. The second kappa shape index (κ2) is 6.88. The van der Waals surface area contributed by atoms with Crippen molar-refractivity contribution in [2.45, 2.75) is 45.1 Å². The maximum Gasteiger partial charge on any atom is 0.106 e. The van der Waals surface area contributed by atoms with Gasteiger partial charge in [0, 0.05) is 6.54 Å². The van der Waals surface area contributed by atoms with Crippen LogP contribution in [0.25, 0.3) is 0 Å². The zero-order chi connectivity index (χ0) is 10.2. The Hall–Kier alpha value is -0.590. The molecule has 0 aromatic carbocycles. The molecule has 0 aliphatic rings. The third kappa shape index (κ3) is 4.25. The maximum absolute atomic E-state index is 9.07. The Bertz CT molecular complexity index is 157. The van der Waals surface area contributed by atoms with Crippen LogP contribution in [0.5, 0.6) is 0 Å².